The Morgan fingerprint density at radius 2 is 2.00 bits per heavy atom. The van der Waals surface area contributed by atoms with Crippen LogP contribution in [0.2, 0.25) is 0 Å². The molecule has 17 heavy (non-hydrogen) atoms. The van der Waals surface area contributed by atoms with Crippen LogP contribution < -0.4 is 5.73 Å². The smallest absolute Gasteiger partial charge is 0.0475 e. The molecule has 0 bridgehead atoms. The van der Waals surface area contributed by atoms with E-state index in [1.165, 1.54) is 5.56 Å². The average molecular weight is 233 g/mol. The summed E-state index contributed by atoms with van der Waals surface area (Å²) < 4.78 is 0. The molecule has 1 aliphatic heterocycles. The third kappa shape index (κ3) is 3.28. The van der Waals surface area contributed by atoms with Crippen LogP contribution in [0, 0.1) is 0 Å². The molecule has 0 unspecified atom stereocenters. The fourth-order valence-electron chi connectivity index (χ4n) is 2.51. The SMILES string of the molecule is CN1CCN(CCCN)[C@@H](c2ccccc2)C1. The van der Waals surface area contributed by atoms with E-state index >= 15 is 0 Å². The third-order valence-electron chi connectivity index (χ3n) is 3.53. The van der Waals surface area contributed by atoms with E-state index < -0.39 is 0 Å². The summed E-state index contributed by atoms with van der Waals surface area (Å²) in [6.07, 6.45) is 1.09. The summed E-state index contributed by atoms with van der Waals surface area (Å²) in [7, 11) is 2.20. The molecular formula is C14H23N3. The molecule has 3 heteroatoms. The molecule has 1 heterocycles. The summed E-state index contributed by atoms with van der Waals surface area (Å²) >= 11 is 0. The van der Waals surface area contributed by atoms with E-state index in [4.69, 9.17) is 5.73 Å². The number of nitrogens with two attached hydrogens (primary N) is 1. The molecule has 1 fully saturated rings. The molecule has 1 aliphatic rings. The van der Waals surface area contributed by atoms with Crippen molar-refractivity contribution in [2.75, 3.05) is 39.8 Å². The summed E-state index contributed by atoms with van der Waals surface area (Å²) in [5.41, 5.74) is 7.05. The molecular weight excluding hydrogens is 210 g/mol. The van der Waals surface area contributed by atoms with Crippen LogP contribution >= 0.6 is 0 Å². The van der Waals surface area contributed by atoms with Gasteiger partial charge in [-0.1, -0.05) is 30.3 Å². The van der Waals surface area contributed by atoms with Gasteiger partial charge in [-0.25, -0.2) is 0 Å². The van der Waals surface area contributed by atoms with Crippen LogP contribution in [0.25, 0.3) is 0 Å². The molecule has 0 radical (unpaired) electrons. The molecule has 3 nitrogen and oxygen atoms in total. The monoisotopic (exact) mass is 233 g/mol. The quantitative estimate of drug-likeness (QED) is 0.851. The predicted molar refractivity (Wildman–Crippen MR) is 71.9 cm³/mol. The predicted octanol–water partition coefficient (Wildman–Crippen LogP) is 1.32. The first-order valence-electron chi connectivity index (χ1n) is 6.49. The molecule has 2 rings (SSSR count). The number of likely N-dealkylation sites (N-methyl/N-ethyl adjacent to an activating group) is 1. The zero-order chi connectivity index (χ0) is 12.1. The van der Waals surface area contributed by atoms with Gasteiger partial charge in [-0.05, 0) is 25.6 Å². The second kappa shape index (κ2) is 6.15. The molecule has 0 saturated carbocycles. The van der Waals surface area contributed by atoms with Crippen LogP contribution in [0.15, 0.2) is 30.3 Å². The van der Waals surface area contributed by atoms with Crippen molar-refractivity contribution in [1.82, 2.24) is 9.80 Å². The van der Waals surface area contributed by atoms with Gasteiger partial charge >= 0.3 is 0 Å². The summed E-state index contributed by atoms with van der Waals surface area (Å²) in [6.45, 7) is 5.33. The van der Waals surface area contributed by atoms with E-state index in [0.717, 1.165) is 39.1 Å². The van der Waals surface area contributed by atoms with Crippen molar-refractivity contribution in [1.29, 1.82) is 0 Å². The van der Waals surface area contributed by atoms with Gasteiger partial charge in [0.25, 0.3) is 0 Å². The van der Waals surface area contributed by atoms with E-state index in [2.05, 4.69) is 47.2 Å². The Hall–Kier alpha value is -0.900. The Kier molecular flexibility index (Phi) is 4.54. The van der Waals surface area contributed by atoms with E-state index in [-0.39, 0.29) is 0 Å². The molecule has 1 aromatic rings. The third-order valence-corrected chi connectivity index (χ3v) is 3.53. The van der Waals surface area contributed by atoms with E-state index in [1.807, 2.05) is 0 Å². The van der Waals surface area contributed by atoms with Crippen LogP contribution in [0.1, 0.15) is 18.0 Å². The molecule has 0 aliphatic carbocycles. The zero-order valence-electron chi connectivity index (χ0n) is 10.7. The minimum Gasteiger partial charge on any atom is -0.330 e. The topological polar surface area (TPSA) is 32.5 Å². The Labute approximate surface area is 104 Å². The number of piperazine rings is 1. The Bertz CT molecular complexity index is 323. The minimum atomic E-state index is 0.529. The van der Waals surface area contributed by atoms with Crippen molar-refractivity contribution in [2.24, 2.45) is 5.73 Å². The molecule has 1 saturated heterocycles. The van der Waals surface area contributed by atoms with E-state index in [1.54, 1.807) is 0 Å². The van der Waals surface area contributed by atoms with Crippen molar-refractivity contribution < 1.29 is 0 Å². The molecule has 0 spiro atoms. The highest BCUT2D eigenvalue weighted by molar-refractivity contribution is 5.20. The number of hydrogen-bond acceptors (Lipinski definition) is 3. The maximum Gasteiger partial charge on any atom is 0.0475 e. The molecule has 94 valence electrons. The van der Waals surface area contributed by atoms with Crippen molar-refractivity contribution in [3.8, 4) is 0 Å². The minimum absolute atomic E-state index is 0.529. The second-order valence-corrected chi connectivity index (χ2v) is 4.87. The van der Waals surface area contributed by atoms with Crippen molar-refractivity contribution in [3.05, 3.63) is 35.9 Å². The van der Waals surface area contributed by atoms with Gasteiger partial charge in [-0.15, -0.1) is 0 Å². The van der Waals surface area contributed by atoms with Gasteiger partial charge in [0.15, 0.2) is 0 Å². The summed E-state index contributed by atoms with van der Waals surface area (Å²) in [4.78, 5) is 4.98. The first kappa shape index (κ1) is 12.6. The van der Waals surface area contributed by atoms with Gasteiger partial charge in [0, 0.05) is 32.2 Å². The molecule has 1 atom stereocenters. The maximum absolute atomic E-state index is 5.62. The molecule has 0 amide bonds. The largest absolute Gasteiger partial charge is 0.330 e. The van der Waals surface area contributed by atoms with E-state index in [0.29, 0.717) is 6.04 Å². The van der Waals surface area contributed by atoms with Crippen molar-refractivity contribution in [3.63, 3.8) is 0 Å². The van der Waals surface area contributed by atoms with Crippen LogP contribution in [0.4, 0.5) is 0 Å². The van der Waals surface area contributed by atoms with Crippen molar-refractivity contribution in [2.45, 2.75) is 12.5 Å². The lowest BCUT2D eigenvalue weighted by atomic mass is 10.0. The van der Waals surface area contributed by atoms with Gasteiger partial charge in [-0.2, -0.15) is 0 Å². The Morgan fingerprint density at radius 1 is 1.24 bits per heavy atom. The van der Waals surface area contributed by atoms with Crippen LogP contribution in [-0.4, -0.2) is 49.6 Å². The first-order valence-corrected chi connectivity index (χ1v) is 6.49. The molecule has 1 aromatic carbocycles. The number of benzene rings is 1. The van der Waals surface area contributed by atoms with Crippen LogP contribution in [0.5, 0.6) is 0 Å². The van der Waals surface area contributed by atoms with Gasteiger partial charge in [-0.3, -0.25) is 4.90 Å². The van der Waals surface area contributed by atoms with Crippen molar-refractivity contribution >= 4 is 0 Å². The average Bonchev–Trinajstić information content (AvgIpc) is 2.38. The van der Waals surface area contributed by atoms with Gasteiger partial charge < -0.3 is 10.6 Å². The standard InChI is InChI=1S/C14H23N3/c1-16-10-11-17(9-5-8-15)14(12-16)13-6-3-2-4-7-13/h2-4,6-7,14H,5,8-12,15H2,1H3/t14-/m1/s1. The lowest BCUT2D eigenvalue weighted by Gasteiger charge is -2.40. The highest BCUT2D eigenvalue weighted by Gasteiger charge is 2.25. The molecule has 2 N–H and O–H groups in total. The van der Waals surface area contributed by atoms with Gasteiger partial charge in [0.05, 0.1) is 0 Å². The van der Waals surface area contributed by atoms with Crippen LogP contribution in [-0.2, 0) is 0 Å². The lowest BCUT2D eigenvalue weighted by molar-refractivity contribution is 0.0894. The summed E-state index contributed by atoms with van der Waals surface area (Å²) in [6, 6.07) is 11.3. The fraction of sp³-hybridized carbons (Fsp3) is 0.571. The first-order chi connectivity index (χ1) is 8.31. The zero-order valence-corrected chi connectivity index (χ0v) is 10.7. The lowest BCUT2D eigenvalue weighted by Crippen LogP contribution is -2.47. The molecule has 0 aromatic heterocycles. The fourth-order valence-corrected chi connectivity index (χ4v) is 2.51. The summed E-state index contributed by atoms with van der Waals surface area (Å²) in [5, 5.41) is 0. The summed E-state index contributed by atoms with van der Waals surface area (Å²) in [5.74, 6) is 0. The Morgan fingerprint density at radius 3 is 2.71 bits per heavy atom. The highest BCUT2D eigenvalue weighted by atomic mass is 15.3. The number of nitrogens with zero attached hydrogens (tertiary/aromatic N) is 2. The maximum atomic E-state index is 5.62. The van der Waals surface area contributed by atoms with Gasteiger partial charge in [0.1, 0.15) is 0 Å². The highest BCUT2D eigenvalue weighted by Crippen LogP contribution is 2.24. The Balaban J connectivity index is 2.08. The number of hydrogen-bond donors (Lipinski definition) is 1. The second-order valence-electron chi connectivity index (χ2n) is 4.87. The van der Waals surface area contributed by atoms with E-state index in [9.17, 15) is 0 Å². The van der Waals surface area contributed by atoms with Crippen LogP contribution in [0.3, 0.4) is 0 Å². The normalized spacial score (nSPS) is 22.8. The number of rotatable bonds is 4. The van der Waals surface area contributed by atoms with Gasteiger partial charge in [0.2, 0.25) is 0 Å².